The number of hydrogen-bond donors (Lipinski definition) is 0. The Morgan fingerprint density at radius 1 is 1.25 bits per heavy atom. The van der Waals surface area contributed by atoms with Crippen LogP contribution in [0.5, 0.6) is 0 Å². The summed E-state index contributed by atoms with van der Waals surface area (Å²) in [4.78, 5) is 10.4. The summed E-state index contributed by atoms with van der Waals surface area (Å²) in [5.41, 5.74) is 1.15. The van der Waals surface area contributed by atoms with E-state index >= 15 is 0 Å². The fourth-order valence-electron chi connectivity index (χ4n) is 0.887. The minimum atomic E-state index is -0.270. The van der Waals surface area contributed by atoms with Crippen LogP contribution in [-0.4, -0.2) is 32.5 Å². The van der Waals surface area contributed by atoms with E-state index in [2.05, 4.69) is 0 Å². The molecule has 1 aromatic carbocycles. The van der Waals surface area contributed by atoms with Crippen molar-refractivity contribution >= 4 is 44.1 Å². The molecule has 1 rings (SSSR count). The first kappa shape index (κ1) is 12.1. The van der Waals surface area contributed by atoms with Crippen LogP contribution in [0.4, 0.5) is 0 Å². The molecule has 0 saturated heterocycles. The second kappa shape index (κ2) is 6.60. The average Bonchev–Trinajstić information content (AvgIpc) is 2.03. The standard InChI is InChI=1S/C9H9ClO.Pb.2H/c10-9(11)7-6-8-4-2-1-3-5-8;;;/h1-5H,6-7H2;;;. The third kappa shape index (κ3) is 4.88. The zero-order valence-corrected chi connectivity index (χ0v) is 13.0. The number of carbonyl (C=O) groups excluding carboxylic acids is 1. The molecule has 2 radical (unpaired) electrons. The van der Waals surface area contributed by atoms with Gasteiger partial charge in [0, 0.05) is 6.42 Å². The molecule has 0 aliphatic heterocycles. The van der Waals surface area contributed by atoms with E-state index in [1.54, 1.807) is 0 Å². The Balaban J connectivity index is 0.00000121. The number of benzene rings is 1. The summed E-state index contributed by atoms with van der Waals surface area (Å²) in [5, 5.41) is -0.270. The normalized spacial score (nSPS) is 8.75. The average molecular weight is 378 g/mol. The number of rotatable bonds is 3. The molecule has 0 fully saturated rings. The van der Waals surface area contributed by atoms with Gasteiger partial charge in [-0.1, -0.05) is 30.3 Å². The van der Waals surface area contributed by atoms with Crippen molar-refractivity contribution in [2.24, 2.45) is 0 Å². The SMILES string of the molecule is O=C(Cl)CCc1ccccc1.[PbH2]. The Morgan fingerprint density at radius 3 is 2.33 bits per heavy atom. The van der Waals surface area contributed by atoms with Gasteiger partial charge in [0.05, 0.1) is 0 Å². The molecule has 3 heteroatoms. The van der Waals surface area contributed by atoms with Crippen LogP contribution in [0.1, 0.15) is 12.0 Å². The van der Waals surface area contributed by atoms with E-state index in [4.69, 9.17) is 11.6 Å². The molecule has 0 spiro atoms. The fraction of sp³-hybridized carbons (Fsp3) is 0.222. The van der Waals surface area contributed by atoms with Crippen molar-refractivity contribution in [3.63, 3.8) is 0 Å². The molecule has 12 heavy (non-hydrogen) atoms. The molecular weight excluding hydrogens is 367 g/mol. The van der Waals surface area contributed by atoms with Crippen molar-refractivity contribution in [3.05, 3.63) is 35.9 Å². The third-order valence-corrected chi connectivity index (χ3v) is 1.64. The summed E-state index contributed by atoms with van der Waals surface area (Å²) in [6, 6.07) is 9.83. The van der Waals surface area contributed by atoms with Crippen LogP contribution in [0, 0.1) is 0 Å². The molecule has 64 valence electrons. The predicted molar refractivity (Wildman–Crippen MR) is 54.2 cm³/mol. The topological polar surface area (TPSA) is 17.1 Å². The van der Waals surface area contributed by atoms with Crippen LogP contribution in [0.15, 0.2) is 30.3 Å². The van der Waals surface area contributed by atoms with Crippen molar-refractivity contribution < 1.29 is 4.79 Å². The zero-order valence-electron chi connectivity index (χ0n) is 6.79. The molecular formula is C9H11ClOPb. The van der Waals surface area contributed by atoms with E-state index in [0.717, 1.165) is 12.0 Å². The molecule has 0 heterocycles. The molecule has 0 aromatic heterocycles. The van der Waals surface area contributed by atoms with Crippen molar-refractivity contribution in [1.29, 1.82) is 0 Å². The van der Waals surface area contributed by atoms with Crippen LogP contribution in [0.2, 0.25) is 0 Å². The second-order valence-corrected chi connectivity index (χ2v) is 2.76. The number of hydrogen-bond acceptors (Lipinski definition) is 1. The number of carbonyl (C=O) groups is 1. The van der Waals surface area contributed by atoms with Gasteiger partial charge in [-0.2, -0.15) is 0 Å². The van der Waals surface area contributed by atoms with Crippen LogP contribution < -0.4 is 0 Å². The predicted octanol–water partition coefficient (Wildman–Crippen LogP) is 1.47. The van der Waals surface area contributed by atoms with Gasteiger partial charge in [-0.05, 0) is 23.6 Å². The first-order chi connectivity index (χ1) is 5.29. The van der Waals surface area contributed by atoms with Gasteiger partial charge in [0.2, 0.25) is 5.24 Å². The summed E-state index contributed by atoms with van der Waals surface area (Å²) in [6.07, 6.45) is 1.16. The van der Waals surface area contributed by atoms with Crippen LogP contribution in [0.25, 0.3) is 0 Å². The summed E-state index contributed by atoms with van der Waals surface area (Å²) < 4.78 is 0. The van der Waals surface area contributed by atoms with E-state index < -0.39 is 0 Å². The molecule has 1 aromatic rings. The quantitative estimate of drug-likeness (QED) is 0.576. The molecule has 0 aliphatic rings. The van der Waals surface area contributed by atoms with Gasteiger partial charge in [-0.15, -0.1) is 0 Å². The van der Waals surface area contributed by atoms with E-state index in [1.165, 1.54) is 0 Å². The van der Waals surface area contributed by atoms with Crippen molar-refractivity contribution in [1.82, 2.24) is 0 Å². The van der Waals surface area contributed by atoms with Gasteiger partial charge < -0.3 is 0 Å². The Hall–Kier alpha value is 0.102. The summed E-state index contributed by atoms with van der Waals surface area (Å²) in [7, 11) is 0. The Labute approximate surface area is 97.3 Å². The summed E-state index contributed by atoms with van der Waals surface area (Å²) >= 11 is 5.19. The summed E-state index contributed by atoms with van der Waals surface area (Å²) in [6.45, 7) is 0. The van der Waals surface area contributed by atoms with E-state index in [-0.39, 0.29) is 32.5 Å². The molecule has 0 saturated carbocycles. The monoisotopic (exact) mass is 378 g/mol. The molecule has 0 atom stereocenters. The number of aryl methyl sites for hydroxylation is 1. The Bertz CT molecular complexity index is 236. The van der Waals surface area contributed by atoms with Gasteiger partial charge in [-0.3, -0.25) is 4.79 Å². The van der Waals surface area contributed by atoms with Gasteiger partial charge >= 0.3 is 27.3 Å². The first-order valence-electron chi connectivity index (χ1n) is 3.51. The maximum absolute atomic E-state index is 10.4. The van der Waals surface area contributed by atoms with Gasteiger partial charge in [0.15, 0.2) is 0 Å². The number of halogens is 1. The maximum atomic E-state index is 10.4. The van der Waals surface area contributed by atoms with Crippen LogP contribution in [-0.2, 0) is 11.2 Å². The third-order valence-electron chi connectivity index (χ3n) is 1.45. The molecule has 0 N–H and O–H groups in total. The van der Waals surface area contributed by atoms with Crippen molar-refractivity contribution in [3.8, 4) is 0 Å². The first-order valence-corrected chi connectivity index (χ1v) is 3.89. The fourth-order valence-corrected chi connectivity index (χ4v) is 0.982. The summed E-state index contributed by atoms with van der Waals surface area (Å²) in [5.74, 6) is 0. The Kier molecular flexibility index (Phi) is 6.66. The molecule has 0 amide bonds. The zero-order chi connectivity index (χ0) is 8.10. The van der Waals surface area contributed by atoms with E-state index in [0.29, 0.717) is 6.42 Å². The molecule has 0 aliphatic carbocycles. The molecule has 0 bridgehead atoms. The van der Waals surface area contributed by atoms with E-state index in [1.807, 2.05) is 30.3 Å². The molecule has 1 nitrogen and oxygen atoms in total. The van der Waals surface area contributed by atoms with Gasteiger partial charge in [-0.25, -0.2) is 0 Å². The molecule has 0 unspecified atom stereocenters. The second-order valence-electron chi connectivity index (χ2n) is 2.34. The van der Waals surface area contributed by atoms with E-state index in [9.17, 15) is 4.79 Å². The van der Waals surface area contributed by atoms with Crippen molar-refractivity contribution in [2.45, 2.75) is 12.8 Å². The van der Waals surface area contributed by atoms with Gasteiger partial charge in [0.1, 0.15) is 0 Å². The minimum absolute atomic E-state index is 0. The van der Waals surface area contributed by atoms with Crippen LogP contribution >= 0.6 is 11.6 Å². The van der Waals surface area contributed by atoms with Crippen molar-refractivity contribution in [2.75, 3.05) is 0 Å². The Morgan fingerprint density at radius 2 is 1.83 bits per heavy atom. The van der Waals surface area contributed by atoms with Gasteiger partial charge in [0.25, 0.3) is 0 Å². The van der Waals surface area contributed by atoms with Crippen LogP contribution in [0.3, 0.4) is 0 Å².